The maximum absolute atomic E-state index is 11.5. The second kappa shape index (κ2) is 7.86. The SMILES string of the molecule is COc1ccc(Cl)cc1NCCC(=O)NC(C)CO. The minimum atomic E-state index is -0.229. The van der Waals surface area contributed by atoms with E-state index in [0.717, 1.165) is 5.69 Å². The van der Waals surface area contributed by atoms with Gasteiger partial charge >= 0.3 is 0 Å². The lowest BCUT2D eigenvalue weighted by Gasteiger charge is -2.13. The summed E-state index contributed by atoms with van der Waals surface area (Å²) in [7, 11) is 1.57. The number of carbonyl (C=O) groups excluding carboxylic acids is 1. The fraction of sp³-hybridized carbons (Fsp3) is 0.462. The van der Waals surface area contributed by atoms with Crippen LogP contribution in [0.25, 0.3) is 0 Å². The first kappa shape index (κ1) is 15.6. The quantitative estimate of drug-likeness (QED) is 0.713. The third kappa shape index (κ3) is 5.36. The molecule has 3 N–H and O–H groups in total. The van der Waals surface area contributed by atoms with Crippen molar-refractivity contribution in [3.8, 4) is 5.75 Å². The fourth-order valence-electron chi connectivity index (χ4n) is 1.52. The zero-order valence-electron chi connectivity index (χ0n) is 11.1. The van der Waals surface area contributed by atoms with Crippen molar-refractivity contribution >= 4 is 23.2 Å². The number of benzene rings is 1. The van der Waals surface area contributed by atoms with Gasteiger partial charge in [0.25, 0.3) is 0 Å². The van der Waals surface area contributed by atoms with E-state index in [1.807, 2.05) is 0 Å². The number of aliphatic hydroxyl groups excluding tert-OH is 1. The van der Waals surface area contributed by atoms with Gasteiger partial charge in [0.15, 0.2) is 0 Å². The summed E-state index contributed by atoms with van der Waals surface area (Å²) in [5.74, 6) is 0.559. The van der Waals surface area contributed by atoms with Gasteiger partial charge < -0.3 is 20.5 Å². The van der Waals surface area contributed by atoms with Gasteiger partial charge in [0.2, 0.25) is 5.91 Å². The third-order valence-electron chi connectivity index (χ3n) is 2.51. The van der Waals surface area contributed by atoms with Crippen LogP contribution in [0.5, 0.6) is 5.75 Å². The van der Waals surface area contributed by atoms with Gasteiger partial charge in [0, 0.05) is 24.0 Å². The Labute approximate surface area is 117 Å². The molecule has 0 aliphatic carbocycles. The third-order valence-corrected chi connectivity index (χ3v) is 2.75. The van der Waals surface area contributed by atoms with Crippen LogP contribution in [0, 0.1) is 0 Å². The number of anilines is 1. The first-order valence-electron chi connectivity index (χ1n) is 6.04. The molecule has 0 aliphatic rings. The number of carbonyl (C=O) groups is 1. The number of ether oxygens (including phenoxy) is 1. The summed E-state index contributed by atoms with van der Waals surface area (Å²) in [6.07, 6.45) is 0.306. The number of halogens is 1. The van der Waals surface area contributed by atoms with Crippen molar-refractivity contribution < 1.29 is 14.6 Å². The zero-order chi connectivity index (χ0) is 14.3. The number of methoxy groups -OCH3 is 1. The van der Waals surface area contributed by atoms with Crippen molar-refractivity contribution in [3.05, 3.63) is 23.2 Å². The van der Waals surface area contributed by atoms with E-state index in [1.54, 1.807) is 32.2 Å². The monoisotopic (exact) mass is 286 g/mol. The Morgan fingerprint density at radius 1 is 1.53 bits per heavy atom. The second-order valence-electron chi connectivity index (χ2n) is 4.17. The summed E-state index contributed by atoms with van der Waals surface area (Å²) in [5, 5.41) is 15.2. The Kier molecular flexibility index (Phi) is 6.45. The summed E-state index contributed by atoms with van der Waals surface area (Å²) < 4.78 is 5.19. The van der Waals surface area contributed by atoms with E-state index < -0.39 is 0 Å². The van der Waals surface area contributed by atoms with Crippen molar-refractivity contribution in [3.63, 3.8) is 0 Å². The first-order valence-corrected chi connectivity index (χ1v) is 6.42. The highest BCUT2D eigenvalue weighted by Crippen LogP contribution is 2.27. The molecule has 5 nitrogen and oxygen atoms in total. The van der Waals surface area contributed by atoms with Gasteiger partial charge in [0.05, 0.1) is 19.4 Å². The molecule has 0 spiro atoms. The Hall–Kier alpha value is -1.46. The Morgan fingerprint density at radius 2 is 2.26 bits per heavy atom. The number of hydrogen-bond donors (Lipinski definition) is 3. The summed E-state index contributed by atoms with van der Waals surface area (Å²) in [6, 6.07) is 5.02. The van der Waals surface area contributed by atoms with Gasteiger partial charge in [-0.3, -0.25) is 4.79 Å². The minimum Gasteiger partial charge on any atom is -0.495 e. The smallest absolute Gasteiger partial charge is 0.222 e. The predicted octanol–water partition coefficient (Wildman–Crippen LogP) is 1.65. The molecular formula is C13H19ClN2O3. The van der Waals surface area contributed by atoms with E-state index >= 15 is 0 Å². The average molecular weight is 287 g/mol. The highest BCUT2D eigenvalue weighted by molar-refractivity contribution is 6.30. The molecular weight excluding hydrogens is 268 g/mol. The second-order valence-corrected chi connectivity index (χ2v) is 4.61. The molecule has 0 aromatic heterocycles. The Balaban J connectivity index is 2.44. The average Bonchev–Trinajstić information content (AvgIpc) is 2.38. The maximum atomic E-state index is 11.5. The van der Waals surface area contributed by atoms with E-state index in [1.165, 1.54) is 0 Å². The van der Waals surface area contributed by atoms with E-state index in [0.29, 0.717) is 23.7 Å². The predicted molar refractivity (Wildman–Crippen MR) is 75.8 cm³/mol. The molecule has 1 unspecified atom stereocenters. The Bertz CT molecular complexity index is 426. The van der Waals surface area contributed by atoms with Gasteiger partial charge in [-0.2, -0.15) is 0 Å². The van der Waals surface area contributed by atoms with E-state index in [9.17, 15) is 4.79 Å². The number of aliphatic hydroxyl groups is 1. The maximum Gasteiger partial charge on any atom is 0.222 e. The normalized spacial score (nSPS) is 11.8. The molecule has 19 heavy (non-hydrogen) atoms. The molecule has 0 saturated carbocycles. The molecule has 0 bridgehead atoms. The zero-order valence-corrected chi connectivity index (χ0v) is 11.8. The highest BCUT2D eigenvalue weighted by atomic mass is 35.5. The van der Waals surface area contributed by atoms with Gasteiger partial charge in [-0.25, -0.2) is 0 Å². The van der Waals surface area contributed by atoms with Crippen LogP contribution >= 0.6 is 11.6 Å². The molecule has 1 atom stereocenters. The van der Waals surface area contributed by atoms with Crippen LogP contribution in [-0.2, 0) is 4.79 Å². The molecule has 1 rings (SSSR count). The lowest BCUT2D eigenvalue weighted by atomic mass is 10.2. The Morgan fingerprint density at radius 3 is 2.89 bits per heavy atom. The lowest BCUT2D eigenvalue weighted by molar-refractivity contribution is -0.121. The van der Waals surface area contributed by atoms with Gasteiger partial charge in [-0.05, 0) is 25.1 Å². The standard InChI is InChI=1S/C13H19ClN2O3/c1-9(8-17)16-13(18)5-6-15-11-7-10(14)3-4-12(11)19-2/h3-4,7,9,15,17H,5-6,8H2,1-2H3,(H,16,18). The molecule has 0 heterocycles. The van der Waals surface area contributed by atoms with Gasteiger partial charge in [-0.1, -0.05) is 11.6 Å². The number of hydrogen-bond acceptors (Lipinski definition) is 4. The molecule has 1 aromatic rings. The van der Waals surface area contributed by atoms with Crippen LogP contribution in [-0.4, -0.2) is 37.3 Å². The van der Waals surface area contributed by atoms with E-state index in [-0.39, 0.29) is 18.6 Å². The van der Waals surface area contributed by atoms with Crippen molar-refractivity contribution in [1.29, 1.82) is 0 Å². The lowest BCUT2D eigenvalue weighted by Crippen LogP contribution is -2.35. The molecule has 0 radical (unpaired) electrons. The van der Waals surface area contributed by atoms with E-state index in [4.69, 9.17) is 21.4 Å². The van der Waals surface area contributed by atoms with Gasteiger partial charge in [0.1, 0.15) is 5.75 Å². The van der Waals surface area contributed by atoms with Crippen molar-refractivity contribution in [2.75, 3.05) is 25.6 Å². The molecule has 6 heteroatoms. The molecule has 0 aliphatic heterocycles. The molecule has 0 fully saturated rings. The van der Waals surface area contributed by atoms with Crippen molar-refractivity contribution in [2.24, 2.45) is 0 Å². The minimum absolute atomic E-state index is 0.0682. The van der Waals surface area contributed by atoms with Crippen molar-refractivity contribution in [1.82, 2.24) is 5.32 Å². The summed E-state index contributed by atoms with van der Waals surface area (Å²) in [4.78, 5) is 11.5. The van der Waals surface area contributed by atoms with Crippen LogP contribution in [0.4, 0.5) is 5.69 Å². The van der Waals surface area contributed by atoms with E-state index in [2.05, 4.69) is 10.6 Å². The van der Waals surface area contributed by atoms with Gasteiger partial charge in [-0.15, -0.1) is 0 Å². The number of nitrogens with one attached hydrogen (secondary N) is 2. The van der Waals surface area contributed by atoms with Crippen LogP contribution < -0.4 is 15.4 Å². The van der Waals surface area contributed by atoms with Crippen molar-refractivity contribution in [2.45, 2.75) is 19.4 Å². The van der Waals surface area contributed by atoms with Crippen LogP contribution in [0.3, 0.4) is 0 Å². The molecule has 0 saturated heterocycles. The number of amides is 1. The fourth-order valence-corrected chi connectivity index (χ4v) is 1.69. The first-order chi connectivity index (χ1) is 9.06. The molecule has 1 aromatic carbocycles. The van der Waals surface area contributed by atoms with Crippen LogP contribution in [0.1, 0.15) is 13.3 Å². The van der Waals surface area contributed by atoms with Crippen LogP contribution in [0.2, 0.25) is 5.02 Å². The van der Waals surface area contributed by atoms with Crippen LogP contribution in [0.15, 0.2) is 18.2 Å². The molecule has 106 valence electrons. The topological polar surface area (TPSA) is 70.6 Å². The number of rotatable bonds is 7. The summed E-state index contributed by atoms with van der Waals surface area (Å²) in [6.45, 7) is 2.13. The largest absolute Gasteiger partial charge is 0.495 e. The summed E-state index contributed by atoms with van der Waals surface area (Å²) in [5.41, 5.74) is 0.748. The summed E-state index contributed by atoms with van der Waals surface area (Å²) >= 11 is 5.90. The molecule has 1 amide bonds. The highest BCUT2D eigenvalue weighted by Gasteiger charge is 2.07.